The summed E-state index contributed by atoms with van der Waals surface area (Å²) in [6.07, 6.45) is 6.27. The van der Waals surface area contributed by atoms with Crippen LogP contribution in [0.15, 0.2) is 36.4 Å². The summed E-state index contributed by atoms with van der Waals surface area (Å²) in [6.45, 7) is 0.253. The number of hydrogen-bond donors (Lipinski definition) is 3. The summed E-state index contributed by atoms with van der Waals surface area (Å²) in [7, 11) is 0. The lowest BCUT2D eigenvalue weighted by Crippen LogP contribution is -2.27. The van der Waals surface area contributed by atoms with E-state index >= 15 is 0 Å². The number of aliphatic hydroxyl groups excluding tert-OH is 2. The first-order chi connectivity index (χ1) is 12.5. The van der Waals surface area contributed by atoms with Crippen LogP contribution in [0.1, 0.15) is 37.7 Å². The van der Waals surface area contributed by atoms with Gasteiger partial charge in [0.15, 0.2) is 0 Å². The summed E-state index contributed by atoms with van der Waals surface area (Å²) in [5.41, 5.74) is 0.720. The van der Waals surface area contributed by atoms with Crippen molar-refractivity contribution in [2.75, 3.05) is 6.61 Å². The highest BCUT2D eigenvalue weighted by molar-refractivity contribution is 6.21. The number of benzene rings is 1. The van der Waals surface area contributed by atoms with Gasteiger partial charge in [-0.2, -0.15) is 0 Å². The molecule has 2 rings (SSSR count). The van der Waals surface area contributed by atoms with E-state index in [2.05, 4.69) is 0 Å². The highest BCUT2D eigenvalue weighted by Crippen LogP contribution is 2.39. The molecule has 0 radical (unpaired) electrons. The van der Waals surface area contributed by atoms with Crippen LogP contribution < -0.4 is 4.74 Å². The normalized spacial score (nSPS) is 25.7. The van der Waals surface area contributed by atoms with Crippen molar-refractivity contribution >= 4 is 17.6 Å². The number of aliphatic carboxylic acids is 1. The van der Waals surface area contributed by atoms with Gasteiger partial charge in [-0.05, 0) is 37.7 Å². The summed E-state index contributed by atoms with van der Waals surface area (Å²) >= 11 is 6.42. The third kappa shape index (κ3) is 6.01. The Kier molecular flexibility index (Phi) is 8.42. The number of para-hydroxylation sites is 1. The molecule has 3 N–H and O–H groups in total. The smallest absolute Gasteiger partial charge is 0.303 e. The first-order valence-electron chi connectivity index (χ1n) is 9.03. The van der Waals surface area contributed by atoms with Gasteiger partial charge in [0, 0.05) is 23.3 Å². The molecule has 144 valence electrons. The Labute approximate surface area is 159 Å². The lowest BCUT2D eigenvalue weighted by molar-refractivity contribution is -0.137. The van der Waals surface area contributed by atoms with Gasteiger partial charge in [0.05, 0.1) is 19.3 Å². The van der Waals surface area contributed by atoms with Gasteiger partial charge in [-0.3, -0.25) is 4.79 Å². The van der Waals surface area contributed by atoms with E-state index in [-0.39, 0.29) is 30.2 Å². The molecule has 0 bridgehead atoms. The fourth-order valence-corrected chi connectivity index (χ4v) is 3.87. The molecule has 6 heteroatoms. The van der Waals surface area contributed by atoms with Crippen molar-refractivity contribution in [3.05, 3.63) is 42.0 Å². The molecule has 5 nitrogen and oxygen atoms in total. The van der Waals surface area contributed by atoms with E-state index in [0.717, 1.165) is 18.4 Å². The molecule has 0 aromatic heterocycles. The number of allylic oxidation sites excluding steroid dienone is 2. The SMILES string of the molecule is O=C(O)CCCC=CC[C@@H]1[C@@H](COc2ccccc2CO)[C@H](O)C[C@H]1Cl. The largest absolute Gasteiger partial charge is 0.493 e. The molecule has 0 unspecified atom stereocenters. The van der Waals surface area contributed by atoms with E-state index in [1.165, 1.54) is 0 Å². The van der Waals surface area contributed by atoms with Crippen LogP contribution in [0.4, 0.5) is 0 Å². The van der Waals surface area contributed by atoms with Gasteiger partial charge in [-0.15, -0.1) is 11.6 Å². The monoisotopic (exact) mass is 382 g/mol. The number of unbranched alkanes of at least 4 members (excludes halogenated alkanes) is 1. The molecule has 26 heavy (non-hydrogen) atoms. The third-order valence-electron chi connectivity index (χ3n) is 4.89. The molecule has 0 heterocycles. The fourth-order valence-electron chi connectivity index (χ4n) is 3.39. The number of hydrogen-bond acceptors (Lipinski definition) is 4. The fraction of sp³-hybridized carbons (Fsp3) is 0.550. The maximum absolute atomic E-state index is 10.5. The van der Waals surface area contributed by atoms with E-state index in [1.807, 2.05) is 36.4 Å². The van der Waals surface area contributed by atoms with Crippen LogP contribution in [-0.4, -0.2) is 39.4 Å². The molecular weight excluding hydrogens is 356 g/mol. The summed E-state index contributed by atoms with van der Waals surface area (Å²) in [5.74, 6) is -0.127. The molecule has 1 aliphatic carbocycles. The predicted molar refractivity (Wildman–Crippen MR) is 100 cm³/mol. The summed E-state index contributed by atoms with van der Waals surface area (Å²) in [5, 5.41) is 28.2. The lowest BCUT2D eigenvalue weighted by Gasteiger charge is -2.23. The molecule has 0 spiro atoms. The van der Waals surface area contributed by atoms with Gasteiger partial charge < -0.3 is 20.1 Å². The Morgan fingerprint density at radius 2 is 2.04 bits per heavy atom. The molecule has 0 aliphatic heterocycles. The highest BCUT2D eigenvalue weighted by Gasteiger charge is 2.41. The van der Waals surface area contributed by atoms with Crippen LogP contribution >= 0.6 is 11.6 Å². The van der Waals surface area contributed by atoms with Gasteiger partial charge in [0.25, 0.3) is 0 Å². The van der Waals surface area contributed by atoms with E-state index in [0.29, 0.717) is 25.2 Å². The van der Waals surface area contributed by atoms with Crippen LogP contribution in [0.5, 0.6) is 5.75 Å². The van der Waals surface area contributed by atoms with Crippen LogP contribution in [0, 0.1) is 11.8 Å². The Bertz CT molecular complexity index is 604. The maximum Gasteiger partial charge on any atom is 0.303 e. The number of aliphatic hydroxyl groups is 2. The van der Waals surface area contributed by atoms with Crippen molar-refractivity contribution in [1.82, 2.24) is 0 Å². The maximum atomic E-state index is 10.5. The van der Waals surface area contributed by atoms with Gasteiger partial charge in [-0.1, -0.05) is 30.4 Å². The second-order valence-electron chi connectivity index (χ2n) is 6.72. The molecular formula is C20H27ClO5. The van der Waals surface area contributed by atoms with Crippen molar-refractivity contribution < 1.29 is 24.9 Å². The van der Waals surface area contributed by atoms with Gasteiger partial charge >= 0.3 is 5.97 Å². The number of ether oxygens (including phenoxy) is 1. The lowest BCUT2D eigenvalue weighted by atomic mass is 9.92. The Hall–Kier alpha value is -1.56. The van der Waals surface area contributed by atoms with E-state index in [1.54, 1.807) is 0 Å². The number of halogens is 1. The Morgan fingerprint density at radius 3 is 2.77 bits per heavy atom. The minimum Gasteiger partial charge on any atom is -0.493 e. The first-order valence-corrected chi connectivity index (χ1v) is 9.47. The molecule has 1 aliphatic rings. The Balaban J connectivity index is 1.88. The number of carboxylic acids is 1. The van der Waals surface area contributed by atoms with Crippen molar-refractivity contribution in [2.24, 2.45) is 11.8 Å². The topological polar surface area (TPSA) is 87.0 Å². The van der Waals surface area contributed by atoms with Gasteiger partial charge in [0.2, 0.25) is 0 Å². The molecule has 4 atom stereocenters. The second kappa shape index (κ2) is 10.6. The zero-order valence-corrected chi connectivity index (χ0v) is 15.5. The molecule has 1 aromatic rings. The zero-order chi connectivity index (χ0) is 18.9. The zero-order valence-electron chi connectivity index (χ0n) is 14.8. The molecule has 0 saturated heterocycles. The predicted octanol–water partition coefficient (Wildman–Crippen LogP) is 3.36. The summed E-state index contributed by atoms with van der Waals surface area (Å²) in [4.78, 5) is 10.5. The quantitative estimate of drug-likeness (QED) is 0.328. The first kappa shape index (κ1) is 20.7. The number of carboxylic acid groups (broad SMARTS) is 1. The third-order valence-corrected chi connectivity index (χ3v) is 5.39. The molecule has 1 fully saturated rings. The van der Waals surface area contributed by atoms with Crippen molar-refractivity contribution in [1.29, 1.82) is 0 Å². The summed E-state index contributed by atoms with van der Waals surface area (Å²) < 4.78 is 5.86. The molecule has 1 aromatic carbocycles. The molecule has 1 saturated carbocycles. The minimum atomic E-state index is -0.779. The van der Waals surface area contributed by atoms with E-state index in [9.17, 15) is 15.0 Å². The highest BCUT2D eigenvalue weighted by atomic mass is 35.5. The summed E-state index contributed by atoms with van der Waals surface area (Å²) in [6, 6.07) is 7.31. The standard InChI is InChI=1S/C20H27ClO5/c21-17-11-18(23)16(13-26-19-9-6-5-7-14(19)12-22)15(17)8-3-1-2-4-10-20(24)25/h1,3,5-7,9,15-18,22-23H,2,4,8,10-13H2,(H,24,25)/t15-,16-,17-,18-/m1/s1. The Morgan fingerprint density at radius 1 is 1.27 bits per heavy atom. The average molecular weight is 383 g/mol. The minimum absolute atomic E-state index is 0.0760. The van der Waals surface area contributed by atoms with E-state index < -0.39 is 12.1 Å². The second-order valence-corrected chi connectivity index (χ2v) is 7.28. The molecule has 0 amide bonds. The van der Waals surface area contributed by atoms with Gasteiger partial charge in [0.1, 0.15) is 5.75 Å². The number of alkyl halides is 1. The average Bonchev–Trinajstić information content (AvgIpc) is 2.89. The number of rotatable bonds is 10. The van der Waals surface area contributed by atoms with Crippen molar-refractivity contribution in [2.45, 2.75) is 50.2 Å². The van der Waals surface area contributed by atoms with Crippen LogP contribution in [-0.2, 0) is 11.4 Å². The number of carbonyl (C=O) groups is 1. The van der Waals surface area contributed by atoms with Crippen molar-refractivity contribution in [3.8, 4) is 5.75 Å². The van der Waals surface area contributed by atoms with Crippen LogP contribution in [0.2, 0.25) is 0 Å². The van der Waals surface area contributed by atoms with E-state index in [4.69, 9.17) is 21.4 Å². The van der Waals surface area contributed by atoms with Crippen LogP contribution in [0.3, 0.4) is 0 Å². The van der Waals surface area contributed by atoms with Crippen molar-refractivity contribution in [3.63, 3.8) is 0 Å². The van der Waals surface area contributed by atoms with Crippen LogP contribution in [0.25, 0.3) is 0 Å². The van der Waals surface area contributed by atoms with Gasteiger partial charge in [-0.25, -0.2) is 0 Å².